The number of thiazole rings is 1. The third-order valence-corrected chi connectivity index (χ3v) is 6.77. The molecule has 1 aliphatic heterocycles. The second-order valence-corrected chi connectivity index (χ2v) is 7.78. The molecule has 0 radical (unpaired) electrons. The fourth-order valence-electron chi connectivity index (χ4n) is 2.49. The van der Waals surface area contributed by atoms with Crippen LogP contribution in [0.25, 0.3) is 0 Å². The topological polar surface area (TPSA) is 70.2 Å². The molecule has 0 spiro atoms. The van der Waals surface area contributed by atoms with Gasteiger partial charge >= 0.3 is 4.87 Å². The molecule has 5 nitrogen and oxygen atoms in total. The van der Waals surface area contributed by atoms with Crippen LogP contribution >= 0.6 is 11.3 Å². The second-order valence-electron chi connectivity index (χ2n) is 4.74. The Hall–Kier alpha value is -1.60. The van der Waals surface area contributed by atoms with Crippen LogP contribution in [0.4, 0.5) is 5.69 Å². The van der Waals surface area contributed by atoms with Gasteiger partial charge in [-0.3, -0.25) is 9.10 Å². The summed E-state index contributed by atoms with van der Waals surface area (Å²) in [7, 11) is -3.66. The van der Waals surface area contributed by atoms with Crippen LogP contribution in [0.1, 0.15) is 17.7 Å². The molecule has 0 fully saturated rings. The van der Waals surface area contributed by atoms with E-state index < -0.39 is 10.0 Å². The van der Waals surface area contributed by atoms with Gasteiger partial charge < -0.3 is 4.98 Å². The van der Waals surface area contributed by atoms with Crippen molar-refractivity contribution in [2.24, 2.45) is 0 Å². The van der Waals surface area contributed by atoms with Crippen molar-refractivity contribution in [1.82, 2.24) is 4.98 Å². The summed E-state index contributed by atoms with van der Waals surface area (Å²) in [6.45, 7) is 2.06. The number of anilines is 1. The summed E-state index contributed by atoms with van der Waals surface area (Å²) in [5.41, 5.74) is 2.16. The number of aromatic nitrogens is 1. The van der Waals surface area contributed by atoms with E-state index in [0.29, 0.717) is 12.2 Å². The average Bonchev–Trinajstić information content (AvgIpc) is 2.78. The van der Waals surface area contributed by atoms with E-state index in [0.717, 1.165) is 35.4 Å². The number of hydrogen-bond donors (Lipinski definition) is 1. The smallest absolute Gasteiger partial charge is 0.306 e. The van der Waals surface area contributed by atoms with Gasteiger partial charge in [0.15, 0.2) is 4.21 Å². The van der Waals surface area contributed by atoms with E-state index in [1.165, 1.54) is 4.31 Å². The van der Waals surface area contributed by atoms with Crippen LogP contribution in [0.15, 0.2) is 33.3 Å². The van der Waals surface area contributed by atoms with Gasteiger partial charge in [-0.15, -0.1) is 0 Å². The molecule has 0 atom stereocenters. The first-order valence-corrected chi connectivity index (χ1v) is 8.56. The highest BCUT2D eigenvalue weighted by Crippen LogP contribution is 2.33. The minimum atomic E-state index is -3.66. The Kier molecular flexibility index (Phi) is 3.18. The maximum absolute atomic E-state index is 12.8. The van der Waals surface area contributed by atoms with Gasteiger partial charge in [-0.1, -0.05) is 29.5 Å². The standard InChI is InChI=1S/C13H14N2O3S2/c1-9-12(19-13(16)14-9)20(17,18)15-8-4-6-10-5-2-3-7-11(10)15/h2-3,5,7H,4,6,8H2,1H3,(H,14,16). The number of aryl methyl sites for hydroxylation is 2. The Balaban J connectivity index is 2.14. The molecular weight excluding hydrogens is 296 g/mol. The molecule has 0 unspecified atom stereocenters. The van der Waals surface area contributed by atoms with Gasteiger partial charge in [-0.25, -0.2) is 8.42 Å². The summed E-state index contributed by atoms with van der Waals surface area (Å²) < 4.78 is 27.0. The average molecular weight is 310 g/mol. The van der Waals surface area contributed by atoms with Gasteiger partial charge in [0.1, 0.15) is 0 Å². The highest BCUT2D eigenvalue weighted by molar-refractivity contribution is 7.94. The van der Waals surface area contributed by atoms with Crippen molar-refractivity contribution in [3.8, 4) is 0 Å². The summed E-state index contributed by atoms with van der Waals surface area (Å²) in [5.74, 6) is 0. The van der Waals surface area contributed by atoms with Crippen molar-refractivity contribution in [3.05, 3.63) is 45.2 Å². The summed E-state index contributed by atoms with van der Waals surface area (Å²) >= 11 is 0.749. The fraction of sp³-hybridized carbons (Fsp3) is 0.308. The molecule has 0 saturated heterocycles. The zero-order valence-electron chi connectivity index (χ0n) is 10.9. The number of benzene rings is 1. The van der Waals surface area contributed by atoms with Crippen LogP contribution in [0.2, 0.25) is 0 Å². The Morgan fingerprint density at radius 1 is 1.30 bits per heavy atom. The molecule has 0 saturated carbocycles. The predicted octanol–water partition coefficient (Wildman–Crippen LogP) is 1.89. The van der Waals surface area contributed by atoms with Crippen molar-refractivity contribution in [2.45, 2.75) is 24.0 Å². The third-order valence-electron chi connectivity index (χ3n) is 3.37. The zero-order valence-corrected chi connectivity index (χ0v) is 12.6. The highest BCUT2D eigenvalue weighted by atomic mass is 32.2. The van der Waals surface area contributed by atoms with Crippen LogP contribution in [-0.4, -0.2) is 19.9 Å². The molecule has 3 rings (SSSR count). The first-order valence-electron chi connectivity index (χ1n) is 6.30. The normalized spacial score (nSPS) is 15.2. The van der Waals surface area contributed by atoms with Crippen molar-refractivity contribution in [1.29, 1.82) is 0 Å². The number of sulfonamides is 1. The Morgan fingerprint density at radius 2 is 2.05 bits per heavy atom. The molecule has 2 aromatic rings. The quantitative estimate of drug-likeness (QED) is 0.921. The summed E-state index contributed by atoms with van der Waals surface area (Å²) in [6.07, 6.45) is 1.67. The molecule has 0 aliphatic carbocycles. The largest absolute Gasteiger partial charge is 0.315 e. The number of nitrogens with one attached hydrogen (secondary N) is 1. The lowest BCUT2D eigenvalue weighted by Crippen LogP contribution is -2.35. The molecule has 0 amide bonds. The Morgan fingerprint density at radius 3 is 2.75 bits per heavy atom. The fourth-order valence-corrected chi connectivity index (χ4v) is 5.42. The number of nitrogens with zero attached hydrogens (tertiary/aromatic N) is 1. The van der Waals surface area contributed by atoms with Crippen molar-refractivity contribution >= 4 is 27.0 Å². The van der Waals surface area contributed by atoms with Crippen molar-refractivity contribution in [2.75, 3.05) is 10.8 Å². The van der Waals surface area contributed by atoms with Crippen molar-refractivity contribution in [3.63, 3.8) is 0 Å². The number of aromatic amines is 1. The minimum Gasteiger partial charge on any atom is -0.315 e. The SMILES string of the molecule is Cc1[nH]c(=O)sc1S(=O)(=O)N1CCCc2ccccc21. The summed E-state index contributed by atoms with van der Waals surface area (Å²) in [4.78, 5) is 13.6. The predicted molar refractivity (Wildman–Crippen MR) is 79.0 cm³/mol. The number of H-pyrrole nitrogens is 1. The van der Waals surface area contributed by atoms with Gasteiger partial charge in [0.25, 0.3) is 10.0 Å². The van der Waals surface area contributed by atoms with Gasteiger partial charge in [0, 0.05) is 12.2 Å². The van der Waals surface area contributed by atoms with E-state index in [9.17, 15) is 13.2 Å². The third kappa shape index (κ3) is 2.06. The van der Waals surface area contributed by atoms with E-state index in [1.54, 1.807) is 6.92 Å². The second kappa shape index (κ2) is 4.75. The summed E-state index contributed by atoms with van der Waals surface area (Å²) in [5, 5.41) is 0. The first-order chi connectivity index (χ1) is 9.50. The van der Waals surface area contributed by atoms with Crippen molar-refractivity contribution < 1.29 is 8.42 Å². The van der Waals surface area contributed by atoms with Crippen LogP contribution in [0.3, 0.4) is 0 Å². The van der Waals surface area contributed by atoms with Gasteiger partial charge in [0.2, 0.25) is 0 Å². The van der Waals surface area contributed by atoms with Crippen LogP contribution in [0.5, 0.6) is 0 Å². The van der Waals surface area contributed by atoms with E-state index in [2.05, 4.69) is 4.98 Å². The lowest BCUT2D eigenvalue weighted by atomic mass is 10.0. The Bertz CT molecular complexity index is 805. The number of para-hydroxylation sites is 1. The van der Waals surface area contributed by atoms with Gasteiger partial charge in [-0.05, 0) is 31.4 Å². The molecule has 106 valence electrons. The molecule has 1 N–H and O–H groups in total. The van der Waals surface area contributed by atoms with Gasteiger partial charge in [-0.2, -0.15) is 0 Å². The van der Waals surface area contributed by atoms with E-state index in [-0.39, 0.29) is 9.08 Å². The summed E-state index contributed by atoms with van der Waals surface area (Å²) in [6, 6.07) is 7.51. The monoisotopic (exact) mass is 310 g/mol. The molecular formula is C13H14N2O3S2. The highest BCUT2D eigenvalue weighted by Gasteiger charge is 2.31. The molecule has 1 aliphatic rings. The lowest BCUT2D eigenvalue weighted by Gasteiger charge is -2.29. The van der Waals surface area contributed by atoms with E-state index >= 15 is 0 Å². The van der Waals surface area contributed by atoms with Crippen LogP contribution in [-0.2, 0) is 16.4 Å². The molecule has 20 heavy (non-hydrogen) atoms. The maximum atomic E-state index is 12.8. The van der Waals surface area contributed by atoms with E-state index in [1.807, 2.05) is 24.3 Å². The number of hydrogen-bond acceptors (Lipinski definition) is 4. The van der Waals surface area contributed by atoms with Crippen LogP contribution < -0.4 is 9.18 Å². The molecule has 7 heteroatoms. The zero-order chi connectivity index (χ0) is 14.3. The van der Waals surface area contributed by atoms with E-state index in [4.69, 9.17) is 0 Å². The van der Waals surface area contributed by atoms with Gasteiger partial charge in [0.05, 0.1) is 5.69 Å². The minimum absolute atomic E-state index is 0.110. The Labute approximate surface area is 120 Å². The maximum Gasteiger partial charge on any atom is 0.306 e. The number of rotatable bonds is 2. The lowest BCUT2D eigenvalue weighted by molar-refractivity contribution is 0.588. The molecule has 1 aromatic carbocycles. The molecule has 2 heterocycles. The first kappa shape index (κ1) is 13.4. The number of fused-ring (bicyclic) bond motifs is 1. The molecule has 0 bridgehead atoms. The van der Waals surface area contributed by atoms with Crippen LogP contribution in [0, 0.1) is 6.92 Å². The molecule has 1 aromatic heterocycles.